The summed E-state index contributed by atoms with van der Waals surface area (Å²) in [5.74, 6) is 1.61. The summed E-state index contributed by atoms with van der Waals surface area (Å²) in [5, 5.41) is 7.73. The molecule has 0 aliphatic heterocycles. The molecule has 1 heterocycles. The van der Waals surface area contributed by atoms with Crippen molar-refractivity contribution in [1.82, 2.24) is 20.1 Å². The van der Waals surface area contributed by atoms with E-state index in [9.17, 15) is 0 Å². The Morgan fingerprint density at radius 1 is 1.24 bits per heavy atom. The highest BCUT2D eigenvalue weighted by Gasteiger charge is 2.15. The third-order valence-corrected chi connectivity index (χ3v) is 4.23. The van der Waals surface area contributed by atoms with Gasteiger partial charge < -0.3 is 5.32 Å². The molecule has 1 atom stereocenters. The van der Waals surface area contributed by atoms with Crippen LogP contribution in [0.2, 0.25) is 0 Å². The lowest BCUT2D eigenvalue weighted by atomic mass is 10.0. The van der Waals surface area contributed by atoms with Crippen molar-refractivity contribution in [3.05, 3.63) is 42.0 Å². The van der Waals surface area contributed by atoms with Gasteiger partial charge in [0.15, 0.2) is 0 Å². The van der Waals surface area contributed by atoms with Crippen molar-refractivity contribution >= 4 is 11.8 Å². The molecular formula is C16H24N4S. The molecule has 4 nitrogen and oxygen atoms in total. The Hall–Kier alpha value is -1.33. The number of thioether (sulfide) groups is 1. The van der Waals surface area contributed by atoms with E-state index in [0.717, 1.165) is 18.8 Å². The van der Waals surface area contributed by atoms with Crippen molar-refractivity contribution < 1.29 is 0 Å². The van der Waals surface area contributed by atoms with Crippen LogP contribution in [0, 0.1) is 5.92 Å². The van der Waals surface area contributed by atoms with Crippen LogP contribution in [-0.2, 0) is 13.0 Å². The molecule has 1 N–H and O–H groups in total. The van der Waals surface area contributed by atoms with Gasteiger partial charge in [-0.1, -0.05) is 26.0 Å². The van der Waals surface area contributed by atoms with Crippen LogP contribution in [0.4, 0.5) is 0 Å². The van der Waals surface area contributed by atoms with E-state index in [4.69, 9.17) is 0 Å². The first kappa shape index (κ1) is 16.0. The molecule has 0 saturated heterocycles. The van der Waals surface area contributed by atoms with E-state index in [1.807, 2.05) is 11.7 Å². The summed E-state index contributed by atoms with van der Waals surface area (Å²) in [6.07, 6.45) is 4.60. The standard InChI is InChI=1S/C16H24N4S/c1-12(2)10-20-16(18-11-19-20)9-15(17-3)13-5-7-14(21-4)8-6-13/h5-8,11-12,15,17H,9-10H2,1-4H3. The Bertz CT molecular complexity index is 548. The molecule has 0 spiro atoms. The lowest BCUT2D eigenvalue weighted by molar-refractivity contribution is 0.451. The molecule has 2 aromatic rings. The van der Waals surface area contributed by atoms with Crippen LogP contribution >= 0.6 is 11.8 Å². The zero-order valence-electron chi connectivity index (χ0n) is 13.2. The van der Waals surface area contributed by atoms with Gasteiger partial charge in [-0.15, -0.1) is 11.8 Å². The van der Waals surface area contributed by atoms with E-state index in [0.29, 0.717) is 5.92 Å². The minimum absolute atomic E-state index is 0.260. The number of likely N-dealkylation sites (N-methyl/N-ethyl adjacent to an activating group) is 1. The molecule has 0 amide bonds. The number of nitrogens with one attached hydrogen (secondary N) is 1. The minimum Gasteiger partial charge on any atom is -0.313 e. The Labute approximate surface area is 131 Å². The van der Waals surface area contributed by atoms with Crippen molar-refractivity contribution in [3.63, 3.8) is 0 Å². The Morgan fingerprint density at radius 3 is 2.52 bits per heavy atom. The van der Waals surface area contributed by atoms with Gasteiger partial charge in [0, 0.05) is 23.9 Å². The summed E-state index contributed by atoms with van der Waals surface area (Å²) in [6, 6.07) is 8.98. The molecule has 1 aromatic carbocycles. The maximum absolute atomic E-state index is 4.42. The summed E-state index contributed by atoms with van der Waals surface area (Å²) in [4.78, 5) is 5.71. The molecule has 21 heavy (non-hydrogen) atoms. The fraction of sp³-hybridized carbons (Fsp3) is 0.500. The van der Waals surface area contributed by atoms with E-state index in [2.05, 4.69) is 59.8 Å². The van der Waals surface area contributed by atoms with Gasteiger partial charge in [0.25, 0.3) is 0 Å². The van der Waals surface area contributed by atoms with E-state index >= 15 is 0 Å². The highest BCUT2D eigenvalue weighted by Crippen LogP contribution is 2.21. The number of benzene rings is 1. The molecule has 0 aliphatic carbocycles. The number of nitrogens with zero attached hydrogens (tertiary/aromatic N) is 3. The molecular weight excluding hydrogens is 280 g/mol. The summed E-state index contributed by atoms with van der Waals surface area (Å²) in [5.41, 5.74) is 1.29. The summed E-state index contributed by atoms with van der Waals surface area (Å²) < 4.78 is 2.02. The van der Waals surface area contributed by atoms with Crippen molar-refractivity contribution in [1.29, 1.82) is 0 Å². The zero-order chi connectivity index (χ0) is 15.2. The average Bonchev–Trinajstić information content (AvgIpc) is 2.91. The molecule has 1 unspecified atom stereocenters. The van der Waals surface area contributed by atoms with E-state index in [1.54, 1.807) is 18.1 Å². The molecule has 2 rings (SSSR count). The van der Waals surface area contributed by atoms with Crippen molar-refractivity contribution in [3.8, 4) is 0 Å². The zero-order valence-corrected chi connectivity index (χ0v) is 14.0. The summed E-state index contributed by atoms with van der Waals surface area (Å²) in [6.45, 7) is 5.31. The Balaban J connectivity index is 2.13. The lowest BCUT2D eigenvalue weighted by Gasteiger charge is -2.17. The molecule has 5 heteroatoms. The second-order valence-electron chi connectivity index (χ2n) is 5.57. The van der Waals surface area contributed by atoms with Gasteiger partial charge in [-0.25, -0.2) is 9.67 Å². The summed E-state index contributed by atoms with van der Waals surface area (Å²) >= 11 is 1.76. The molecule has 1 aromatic heterocycles. The maximum atomic E-state index is 4.42. The van der Waals surface area contributed by atoms with Crippen LogP contribution in [0.5, 0.6) is 0 Å². The van der Waals surface area contributed by atoms with Gasteiger partial charge in [-0.2, -0.15) is 5.10 Å². The fourth-order valence-electron chi connectivity index (χ4n) is 2.35. The van der Waals surface area contributed by atoms with Crippen molar-refractivity contribution in [2.75, 3.05) is 13.3 Å². The third-order valence-electron chi connectivity index (χ3n) is 3.49. The topological polar surface area (TPSA) is 42.7 Å². The van der Waals surface area contributed by atoms with Crippen LogP contribution in [0.3, 0.4) is 0 Å². The smallest absolute Gasteiger partial charge is 0.138 e. The maximum Gasteiger partial charge on any atom is 0.138 e. The van der Waals surface area contributed by atoms with Crippen LogP contribution < -0.4 is 5.32 Å². The predicted octanol–water partition coefficient (Wildman–Crippen LogP) is 3.16. The van der Waals surface area contributed by atoms with Crippen molar-refractivity contribution in [2.24, 2.45) is 5.92 Å². The quantitative estimate of drug-likeness (QED) is 0.798. The molecule has 0 bridgehead atoms. The van der Waals surface area contributed by atoms with Crippen LogP contribution in [0.15, 0.2) is 35.5 Å². The van der Waals surface area contributed by atoms with Gasteiger partial charge in [0.2, 0.25) is 0 Å². The first-order valence-corrected chi connectivity index (χ1v) is 8.54. The largest absolute Gasteiger partial charge is 0.313 e. The number of rotatable bonds is 7. The number of aromatic nitrogens is 3. The molecule has 0 saturated carbocycles. The fourth-order valence-corrected chi connectivity index (χ4v) is 2.76. The van der Waals surface area contributed by atoms with Gasteiger partial charge >= 0.3 is 0 Å². The second kappa shape index (κ2) is 7.61. The first-order valence-electron chi connectivity index (χ1n) is 7.32. The van der Waals surface area contributed by atoms with Gasteiger partial charge in [0.05, 0.1) is 0 Å². The Morgan fingerprint density at radius 2 is 1.95 bits per heavy atom. The monoisotopic (exact) mass is 304 g/mol. The highest BCUT2D eigenvalue weighted by atomic mass is 32.2. The van der Waals surface area contributed by atoms with E-state index in [-0.39, 0.29) is 6.04 Å². The molecule has 0 radical (unpaired) electrons. The predicted molar refractivity (Wildman–Crippen MR) is 88.6 cm³/mol. The normalized spacial score (nSPS) is 12.8. The van der Waals surface area contributed by atoms with E-state index < -0.39 is 0 Å². The molecule has 114 valence electrons. The SMILES string of the molecule is CNC(Cc1ncnn1CC(C)C)c1ccc(SC)cc1. The van der Waals surface area contributed by atoms with Crippen LogP contribution in [0.25, 0.3) is 0 Å². The van der Waals surface area contributed by atoms with Crippen LogP contribution in [-0.4, -0.2) is 28.1 Å². The second-order valence-corrected chi connectivity index (χ2v) is 6.45. The number of hydrogen-bond acceptors (Lipinski definition) is 4. The van der Waals surface area contributed by atoms with Crippen molar-refractivity contribution in [2.45, 2.75) is 37.8 Å². The van der Waals surface area contributed by atoms with Gasteiger partial charge in [-0.05, 0) is 36.9 Å². The minimum atomic E-state index is 0.260. The lowest BCUT2D eigenvalue weighted by Crippen LogP contribution is -2.21. The molecule has 0 aliphatic rings. The summed E-state index contributed by atoms with van der Waals surface area (Å²) in [7, 11) is 2.00. The van der Waals surface area contributed by atoms with Crippen LogP contribution in [0.1, 0.15) is 31.3 Å². The van der Waals surface area contributed by atoms with Gasteiger partial charge in [-0.3, -0.25) is 0 Å². The molecule has 0 fully saturated rings. The van der Waals surface area contributed by atoms with E-state index in [1.165, 1.54) is 10.5 Å². The Kier molecular flexibility index (Phi) is 5.82. The highest BCUT2D eigenvalue weighted by molar-refractivity contribution is 7.98. The van der Waals surface area contributed by atoms with Gasteiger partial charge in [0.1, 0.15) is 12.2 Å². The third kappa shape index (κ3) is 4.32. The average molecular weight is 304 g/mol. The number of hydrogen-bond donors (Lipinski definition) is 1. The first-order chi connectivity index (χ1) is 10.1.